The molecule has 0 bridgehead atoms. The smallest absolute Gasteiger partial charge is 0.227 e. The van der Waals surface area contributed by atoms with Crippen LogP contribution in [0.3, 0.4) is 0 Å². The molecule has 0 radical (unpaired) electrons. The zero-order valence-electron chi connectivity index (χ0n) is 19.7. The number of aliphatic hydroxyl groups excluding tert-OH is 1. The van der Waals surface area contributed by atoms with Gasteiger partial charge in [-0.05, 0) is 45.7 Å². The zero-order chi connectivity index (χ0) is 23.9. The third-order valence-electron chi connectivity index (χ3n) is 6.66. The maximum Gasteiger partial charge on any atom is 0.227 e. The second kappa shape index (κ2) is 8.83. The second-order valence-corrected chi connectivity index (χ2v) is 9.20. The van der Waals surface area contributed by atoms with E-state index in [1.54, 1.807) is 23.4 Å². The van der Waals surface area contributed by atoms with Gasteiger partial charge in [0.2, 0.25) is 5.95 Å². The quantitative estimate of drug-likeness (QED) is 0.564. The van der Waals surface area contributed by atoms with Crippen LogP contribution in [0.15, 0.2) is 30.7 Å². The second-order valence-electron chi connectivity index (χ2n) is 9.20. The van der Waals surface area contributed by atoms with E-state index >= 15 is 0 Å². The number of fused-ring (bicyclic) bond motifs is 1. The standard InChI is InChI=1S/C24H30FN7O2/c1-4-34-18-13-28-22(32-10-6-15(32)2)17-12-27-21(11-16(17)18)29-20-5-8-26-23(30-20)31-9-7-19(33)24(3,25)14-31/h5,8,11-13,15,19,33H,4,6-7,9-10,14H2,1-3H3,(H,26,27,29,30)/t15-,19-,24+/m1/s1. The fourth-order valence-corrected chi connectivity index (χ4v) is 4.50. The van der Waals surface area contributed by atoms with Crippen molar-refractivity contribution in [2.45, 2.75) is 51.4 Å². The first kappa shape index (κ1) is 22.5. The number of hydrogen-bond acceptors (Lipinski definition) is 9. The molecule has 3 aromatic heterocycles. The highest BCUT2D eigenvalue weighted by molar-refractivity contribution is 5.97. The van der Waals surface area contributed by atoms with E-state index in [0.717, 1.165) is 29.6 Å². The number of rotatable bonds is 6. The van der Waals surface area contributed by atoms with E-state index in [9.17, 15) is 9.50 Å². The van der Waals surface area contributed by atoms with Crippen LogP contribution in [-0.2, 0) is 0 Å². The molecule has 3 atom stereocenters. The molecule has 0 aromatic carbocycles. The normalized spacial score (nSPS) is 24.7. The number of piperidine rings is 1. The van der Waals surface area contributed by atoms with Gasteiger partial charge in [-0.2, -0.15) is 4.98 Å². The van der Waals surface area contributed by atoms with Crippen LogP contribution in [-0.4, -0.2) is 69.1 Å². The monoisotopic (exact) mass is 467 g/mol. The summed E-state index contributed by atoms with van der Waals surface area (Å²) < 4.78 is 20.5. The molecule has 9 nitrogen and oxygen atoms in total. The minimum Gasteiger partial charge on any atom is -0.492 e. The number of halogens is 1. The molecule has 0 aliphatic carbocycles. The average Bonchev–Trinajstić information content (AvgIpc) is 2.81. The Morgan fingerprint density at radius 2 is 2.03 bits per heavy atom. The van der Waals surface area contributed by atoms with Crippen molar-refractivity contribution in [1.29, 1.82) is 0 Å². The van der Waals surface area contributed by atoms with Gasteiger partial charge in [-0.15, -0.1) is 0 Å². The minimum atomic E-state index is -1.71. The van der Waals surface area contributed by atoms with Crippen LogP contribution in [0.1, 0.15) is 33.6 Å². The highest BCUT2D eigenvalue weighted by atomic mass is 19.1. The predicted octanol–water partition coefficient (Wildman–Crippen LogP) is 3.46. The number of aliphatic hydroxyl groups is 1. The van der Waals surface area contributed by atoms with Gasteiger partial charge in [0.1, 0.15) is 23.2 Å². The number of ether oxygens (including phenoxy) is 1. The minimum absolute atomic E-state index is 0.0360. The number of alkyl halides is 1. The lowest BCUT2D eigenvalue weighted by atomic mass is 9.94. The first-order valence-corrected chi connectivity index (χ1v) is 11.8. The molecule has 3 aromatic rings. The number of aromatic nitrogens is 4. The molecule has 180 valence electrons. The van der Waals surface area contributed by atoms with Crippen molar-refractivity contribution < 1.29 is 14.2 Å². The molecule has 10 heteroatoms. The van der Waals surface area contributed by atoms with E-state index in [-0.39, 0.29) is 6.54 Å². The van der Waals surface area contributed by atoms with Crippen molar-refractivity contribution in [3.05, 3.63) is 30.7 Å². The van der Waals surface area contributed by atoms with Crippen molar-refractivity contribution in [2.24, 2.45) is 0 Å². The number of hydrogen-bond donors (Lipinski definition) is 2. The number of anilines is 4. The first-order chi connectivity index (χ1) is 16.4. The van der Waals surface area contributed by atoms with Crippen LogP contribution in [0.2, 0.25) is 0 Å². The van der Waals surface area contributed by atoms with Crippen LogP contribution >= 0.6 is 0 Å². The molecule has 2 N–H and O–H groups in total. The highest BCUT2D eigenvalue weighted by Crippen LogP contribution is 2.36. The Bertz CT molecular complexity index is 1190. The van der Waals surface area contributed by atoms with Gasteiger partial charge in [-0.25, -0.2) is 19.3 Å². The Balaban J connectivity index is 1.43. The van der Waals surface area contributed by atoms with E-state index in [1.807, 2.05) is 19.2 Å². The Morgan fingerprint density at radius 1 is 1.18 bits per heavy atom. The van der Waals surface area contributed by atoms with Crippen molar-refractivity contribution >= 4 is 34.2 Å². The molecule has 2 saturated heterocycles. The summed E-state index contributed by atoms with van der Waals surface area (Å²) in [4.78, 5) is 22.2. The summed E-state index contributed by atoms with van der Waals surface area (Å²) in [7, 11) is 0. The molecule has 5 heterocycles. The van der Waals surface area contributed by atoms with Crippen molar-refractivity contribution in [3.8, 4) is 5.75 Å². The van der Waals surface area contributed by atoms with Crippen LogP contribution in [0.4, 0.5) is 27.8 Å². The Hall–Kier alpha value is -3.27. The van der Waals surface area contributed by atoms with E-state index < -0.39 is 11.8 Å². The summed E-state index contributed by atoms with van der Waals surface area (Å²) in [6.45, 7) is 7.58. The molecule has 2 fully saturated rings. The molecule has 0 amide bonds. The van der Waals surface area contributed by atoms with Crippen molar-refractivity contribution in [2.75, 3.05) is 41.4 Å². The number of pyridine rings is 2. The number of nitrogens with one attached hydrogen (secondary N) is 1. The summed E-state index contributed by atoms with van der Waals surface area (Å²) in [5.41, 5.74) is -1.71. The maximum absolute atomic E-state index is 14.6. The Morgan fingerprint density at radius 3 is 2.74 bits per heavy atom. The molecule has 5 rings (SSSR count). The fraction of sp³-hybridized carbons (Fsp3) is 0.500. The lowest BCUT2D eigenvalue weighted by molar-refractivity contribution is -0.00860. The molecule has 2 aliphatic rings. The van der Waals surface area contributed by atoms with Gasteiger partial charge < -0.3 is 25.0 Å². The topological polar surface area (TPSA) is 99.5 Å². The zero-order valence-corrected chi connectivity index (χ0v) is 19.7. The Kier molecular flexibility index (Phi) is 5.85. The third kappa shape index (κ3) is 4.18. The summed E-state index contributed by atoms with van der Waals surface area (Å²) in [5.74, 6) is 3.19. The summed E-state index contributed by atoms with van der Waals surface area (Å²) in [5, 5.41) is 15.0. The van der Waals surface area contributed by atoms with Crippen LogP contribution in [0.25, 0.3) is 10.8 Å². The molecule has 34 heavy (non-hydrogen) atoms. The molecule has 0 unspecified atom stereocenters. The van der Waals surface area contributed by atoms with Gasteiger partial charge in [0.05, 0.1) is 25.5 Å². The summed E-state index contributed by atoms with van der Waals surface area (Å²) >= 11 is 0. The van der Waals surface area contributed by atoms with Crippen LogP contribution < -0.4 is 19.9 Å². The Labute approximate surface area is 198 Å². The van der Waals surface area contributed by atoms with E-state index in [1.165, 1.54) is 6.92 Å². The lowest BCUT2D eigenvalue weighted by Crippen LogP contribution is -2.52. The lowest BCUT2D eigenvalue weighted by Gasteiger charge is -2.40. The summed E-state index contributed by atoms with van der Waals surface area (Å²) in [6.07, 6.45) is 5.72. The van der Waals surface area contributed by atoms with Gasteiger partial charge in [0.25, 0.3) is 0 Å². The van der Waals surface area contributed by atoms with Gasteiger partial charge >= 0.3 is 0 Å². The van der Waals surface area contributed by atoms with Crippen molar-refractivity contribution in [3.63, 3.8) is 0 Å². The van der Waals surface area contributed by atoms with Crippen molar-refractivity contribution in [1.82, 2.24) is 19.9 Å². The van der Waals surface area contributed by atoms with E-state index in [2.05, 4.69) is 37.1 Å². The van der Waals surface area contributed by atoms with Gasteiger partial charge in [0.15, 0.2) is 5.67 Å². The van der Waals surface area contributed by atoms with E-state index in [4.69, 9.17) is 4.74 Å². The largest absolute Gasteiger partial charge is 0.492 e. The maximum atomic E-state index is 14.6. The first-order valence-electron chi connectivity index (χ1n) is 11.8. The summed E-state index contributed by atoms with van der Waals surface area (Å²) in [6, 6.07) is 4.13. The average molecular weight is 468 g/mol. The molecule has 2 aliphatic heterocycles. The van der Waals surface area contributed by atoms with Gasteiger partial charge in [-0.3, -0.25) is 0 Å². The predicted molar refractivity (Wildman–Crippen MR) is 130 cm³/mol. The van der Waals surface area contributed by atoms with Crippen LogP contribution in [0, 0.1) is 0 Å². The highest BCUT2D eigenvalue weighted by Gasteiger charge is 2.39. The molecule has 0 saturated carbocycles. The number of nitrogens with zero attached hydrogens (tertiary/aromatic N) is 6. The SMILES string of the molecule is CCOc1cnc(N2CC[C@H]2C)c2cnc(Nc3ccnc(N4CC[C@@H](O)[C@@](C)(F)C4)n3)cc12. The molecular weight excluding hydrogens is 437 g/mol. The molecular formula is C24H30FN7O2. The van der Waals surface area contributed by atoms with Gasteiger partial charge in [0, 0.05) is 42.3 Å². The van der Waals surface area contributed by atoms with Crippen LogP contribution in [0.5, 0.6) is 5.75 Å². The fourth-order valence-electron chi connectivity index (χ4n) is 4.50. The third-order valence-corrected chi connectivity index (χ3v) is 6.66. The van der Waals surface area contributed by atoms with Gasteiger partial charge in [-0.1, -0.05) is 0 Å². The molecule has 0 spiro atoms. The van der Waals surface area contributed by atoms with E-state index in [0.29, 0.717) is 48.9 Å².